The maximum Gasteiger partial charge on any atom is 0.417 e. The normalized spacial score (nSPS) is 15.9. The number of carbonyl (C=O) groups is 1. The molecule has 0 spiro atoms. The van der Waals surface area contributed by atoms with Crippen LogP contribution in [0.4, 0.5) is 24.7 Å². The molecule has 1 saturated heterocycles. The molecule has 7 nitrogen and oxygen atoms in total. The molecule has 1 unspecified atom stereocenters. The van der Waals surface area contributed by atoms with E-state index in [1.54, 1.807) is 16.7 Å². The fourth-order valence-corrected chi connectivity index (χ4v) is 3.91. The van der Waals surface area contributed by atoms with Gasteiger partial charge in [-0.15, -0.1) is 0 Å². The third-order valence-corrected chi connectivity index (χ3v) is 5.53. The number of anilines is 2. The summed E-state index contributed by atoms with van der Waals surface area (Å²) in [5.41, 5.74) is -0.980. The molecule has 1 fully saturated rings. The summed E-state index contributed by atoms with van der Waals surface area (Å²) in [4.78, 5) is 22.3. The lowest BCUT2D eigenvalue weighted by Crippen LogP contribution is -2.35. The van der Waals surface area contributed by atoms with Crippen LogP contribution in [0, 0.1) is 0 Å². The summed E-state index contributed by atoms with van der Waals surface area (Å²) >= 11 is 1.72. The number of pyridine rings is 2. The van der Waals surface area contributed by atoms with Crippen molar-refractivity contribution >= 4 is 40.2 Å². The fourth-order valence-electron chi connectivity index (χ4n) is 2.60. The molecule has 2 aromatic heterocycles. The van der Waals surface area contributed by atoms with Crippen molar-refractivity contribution in [3.63, 3.8) is 0 Å². The standard InChI is InChI=1S/C16H16F3N5O2S2/c17-16(18,19)10-7-12(14(22-9-10)24-3-5-27-6-4-24)15(25)23-11-1-2-21-13(8-11)28(20)26/h1-2,7-9H,3-6,20H2,(H,21,23,25). The largest absolute Gasteiger partial charge is 0.417 e. The Hall–Kier alpha value is -2.18. The van der Waals surface area contributed by atoms with E-state index in [0.717, 1.165) is 23.8 Å². The van der Waals surface area contributed by atoms with Gasteiger partial charge in [0.25, 0.3) is 5.91 Å². The predicted octanol–water partition coefficient (Wildman–Crippen LogP) is 2.28. The van der Waals surface area contributed by atoms with Crippen molar-refractivity contribution in [2.75, 3.05) is 34.8 Å². The molecule has 1 aliphatic heterocycles. The first-order valence-corrected chi connectivity index (χ1v) is 10.5. The van der Waals surface area contributed by atoms with Crippen molar-refractivity contribution < 1.29 is 22.2 Å². The van der Waals surface area contributed by atoms with Crippen LogP contribution in [0.25, 0.3) is 0 Å². The average molecular weight is 431 g/mol. The highest BCUT2D eigenvalue weighted by molar-refractivity contribution is 7.99. The Morgan fingerprint density at radius 3 is 2.61 bits per heavy atom. The summed E-state index contributed by atoms with van der Waals surface area (Å²) in [6, 6.07) is 3.52. The number of hydrogen-bond donors (Lipinski definition) is 2. The van der Waals surface area contributed by atoms with Gasteiger partial charge < -0.3 is 10.2 Å². The number of thioether (sulfide) groups is 1. The van der Waals surface area contributed by atoms with Gasteiger partial charge in [-0.25, -0.2) is 19.3 Å². The Morgan fingerprint density at radius 2 is 1.96 bits per heavy atom. The summed E-state index contributed by atoms with van der Waals surface area (Å²) in [5.74, 6) is 1.02. The molecule has 150 valence electrons. The zero-order valence-corrected chi connectivity index (χ0v) is 16.0. The molecule has 28 heavy (non-hydrogen) atoms. The molecule has 2 aromatic rings. The minimum Gasteiger partial charge on any atom is -0.354 e. The molecule has 3 N–H and O–H groups in total. The smallest absolute Gasteiger partial charge is 0.354 e. The zero-order chi connectivity index (χ0) is 20.3. The van der Waals surface area contributed by atoms with Crippen LogP contribution in [-0.4, -0.2) is 44.7 Å². The molecule has 1 amide bonds. The van der Waals surface area contributed by atoms with Gasteiger partial charge >= 0.3 is 6.18 Å². The first-order valence-electron chi connectivity index (χ1n) is 8.09. The lowest BCUT2D eigenvalue weighted by Gasteiger charge is -2.29. The molecule has 0 radical (unpaired) electrons. The molecular formula is C16H16F3N5O2S2. The van der Waals surface area contributed by atoms with Gasteiger partial charge in [0.2, 0.25) is 0 Å². The van der Waals surface area contributed by atoms with Gasteiger partial charge in [0.1, 0.15) is 21.8 Å². The minimum absolute atomic E-state index is 0.0354. The van der Waals surface area contributed by atoms with E-state index in [9.17, 15) is 22.2 Å². The second-order valence-electron chi connectivity index (χ2n) is 5.83. The van der Waals surface area contributed by atoms with Crippen molar-refractivity contribution in [3.8, 4) is 0 Å². The topological polar surface area (TPSA) is 101 Å². The summed E-state index contributed by atoms with van der Waals surface area (Å²) in [5, 5.41) is 7.81. The monoisotopic (exact) mass is 431 g/mol. The van der Waals surface area contributed by atoms with Crippen LogP contribution < -0.4 is 15.4 Å². The van der Waals surface area contributed by atoms with Gasteiger partial charge in [-0.1, -0.05) is 0 Å². The summed E-state index contributed by atoms with van der Waals surface area (Å²) < 4.78 is 50.7. The van der Waals surface area contributed by atoms with Gasteiger partial charge in [0, 0.05) is 42.7 Å². The quantitative estimate of drug-likeness (QED) is 0.770. The fraction of sp³-hybridized carbons (Fsp3) is 0.312. The number of rotatable bonds is 4. The number of nitrogens with one attached hydrogen (secondary N) is 1. The van der Waals surface area contributed by atoms with Gasteiger partial charge in [0.15, 0.2) is 0 Å². The molecular weight excluding hydrogens is 415 g/mol. The molecule has 0 aromatic carbocycles. The van der Waals surface area contributed by atoms with E-state index >= 15 is 0 Å². The zero-order valence-electron chi connectivity index (χ0n) is 14.4. The predicted molar refractivity (Wildman–Crippen MR) is 102 cm³/mol. The maximum absolute atomic E-state index is 13.1. The van der Waals surface area contributed by atoms with Crippen molar-refractivity contribution in [1.29, 1.82) is 0 Å². The van der Waals surface area contributed by atoms with Crippen molar-refractivity contribution in [2.24, 2.45) is 5.14 Å². The lowest BCUT2D eigenvalue weighted by atomic mass is 10.1. The van der Waals surface area contributed by atoms with Gasteiger partial charge in [-0.3, -0.25) is 4.79 Å². The SMILES string of the molecule is NS(=O)c1cc(NC(=O)c2cc(C(F)(F)F)cnc2N2CCSCC2)ccn1. The highest BCUT2D eigenvalue weighted by Crippen LogP contribution is 2.32. The Kier molecular flexibility index (Phi) is 6.20. The number of nitrogens with two attached hydrogens (primary N) is 1. The molecule has 0 aliphatic carbocycles. The van der Waals surface area contributed by atoms with Crippen LogP contribution in [-0.2, 0) is 17.2 Å². The van der Waals surface area contributed by atoms with E-state index in [1.165, 1.54) is 18.3 Å². The number of amides is 1. The first kappa shape index (κ1) is 20.6. The van der Waals surface area contributed by atoms with Crippen molar-refractivity contribution in [1.82, 2.24) is 9.97 Å². The van der Waals surface area contributed by atoms with E-state index < -0.39 is 28.6 Å². The number of carbonyl (C=O) groups excluding carboxylic acids is 1. The second kappa shape index (κ2) is 8.45. The first-order chi connectivity index (χ1) is 13.3. The number of halogens is 3. The van der Waals surface area contributed by atoms with Gasteiger partial charge in [-0.2, -0.15) is 24.9 Å². The van der Waals surface area contributed by atoms with Crippen molar-refractivity contribution in [2.45, 2.75) is 11.2 Å². The van der Waals surface area contributed by atoms with Crippen LogP contribution in [0.3, 0.4) is 0 Å². The van der Waals surface area contributed by atoms with Crippen LogP contribution >= 0.6 is 11.8 Å². The molecule has 3 heterocycles. The summed E-state index contributed by atoms with van der Waals surface area (Å²) in [6.07, 6.45) is -2.60. The van der Waals surface area contributed by atoms with E-state index in [2.05, 4.69) is 15.3 Å². The maximum atomic E-state index is 13.1. The average Bonchev–Trinajstić information content (AvgIpc) is 2.67. The number of nitrogens with zero attached hydrogens (tertiary/aromatic N) is 3. The highest BCUT2D eigenvalue weighted by Gasteiger charge is 2.33. The Labute approximate surface area is 165 Å². The van der Waals surface area contributed by atoms with Crippen LogP contribution in [0.15, 0.2) is 35.6 Å². The van der Waals surface area contributed by atoms with E-state index in [-0.39, 0.29) is 22.1 Å². The van der Waals surface area contributed by atoms with E-state index in [1.807, 2.05) is 0 Å². The lowest BCUT2D eigenvalue weighted by molar-refractivity contribution is -0.137. The highest BCUT2D eigenvalue weighted by atomic mass is 32.2. The third kappa shape index (κ3) is 4.80. The van der Waals surface area contributed by atoms with E-state index in [0.29, 0.717) is 13.1 Å². The Morgan fingerprint density at radius 1 is 1.25 bits per heavy atom. The third-order valence-electron chi connectivity index (χ3n) is 3.95. The summed E-state index contributed by atoms with van der Waals surface area (Å²) in [6.45, 7) is 1.16. The number of hydrogen-bond acceptors (Lipinski definition) is 6. The molecule has 0 saturated carbocycles. The van der Waals surface area contributed by atoms with Crippen LogP contribution in [0.5, 0.6) is 0 Å². The molecule has 12 heteroatoms. The van der Waals surface area contributed by atoms with Crippen molar-refractivity contribution in [3.05, 3.63) is 41.7 Å². The van der Waals surface area contributed by atoms with E-state index in [4.69, 9.17) is 5.14 Å². The van der Waals surface area contributed by atoms with Gasteiger partial charge in [-0.05, 0) is 18.2 Å². The molecule has 1 aliphatic rings. The molecule has 0 bridgehead atoms. The summed E-state index contributed by atoms with van der Waals surface area (Å²) in [7, 11) is -1.86. The minimum atomic E-state index is -4.63. The van der Waals surface area contributed by atoms with Crippen LogP contribution in [0.1, 0.15) is 15.9 Å². The second-order valence-corrected chi connectivity index (χ2v) is 8.06. The number of alkyl halides is 3. The Balaban J connectivity index is 1.96. The van der Waals surface area contributed by atoms with Gasteiger partial charge in [0.05, 0.1) is 11.1 Å². The Bertz CT molecular complexity index is 904. The van der Waals surface area contributed by atoms with Crippen LogP contribution in [0.2, 0.25) is 0 Å². The molecule has 1 atom stereocenters. The number of aromatic nitrogens is 2. The molecule has 3 rings (SSSR count).